The van der Waals surface area contributed by atoms with E-state index in [1.54, 1.807) is 0 Å². The Morgan fingerprint density at radius 3 is 2.56 bits per heavy atom. The molecule has 2 rings (SSSR count). The van der Waals surface area contributed by atoms with Crippen molar-refractivity contribution < 1.29 is 18.7 Å². The first-order valence-corrected chi connectivity index (χ1v) is 5.83. The molecule has 3 nitrogen and oxygen atoms in total. The third-order valence-electron chi connectivity index (χ3n) is 3.39. The number of hydrogen-bond acceptors (Lipinski definition) is 2. The summed E-state index contributed by atoms with van der Waals surface area (Å²) in [5.41, 5.74) is -0.778. The molecular formula is C13H15F2NO2. The first kappa shape index (κ1) is 13.0. The van der Waals surface area contributed by atoms with E-state index in [1.165, 1.54) is 17.9 Å². The maximum absolute atomic E-state index is 13.5. The van der Waals surface area contributed by atoms with Gasteiger partial charge in [0.2, 0.25) is 0 Å². The molecule has 0 saturated carbocycles. The molecular weight excluding hydrogens is 240 g/mol. The van der Waals surface area contributed by atoms with Crippen molar-refractivity contribution in [1.82, 2.24) is 4.90 Å². The number of aliphatic hydroxyl groups is 1. The van der Waals surface area contributed by atoms with E-state index in [0.29, 0.717) is 12.5 Å². The minimum atomic E-state index is -0.866. The van der Waals surface area contributed by atoms with Crippen molar-refractivity contribution >= 4 is 5.91 Å². The average Bonchev–Trinajstić information content (AvgIpc) is 2.29. The number of likely N-dealkylation sites (tertiary alicyclic amines) is 1. The van der Waals surface area contributed by atoms with Crippen molar-refractivity contribution in [1.29, 1.82) is 0 Å². The van der Waals surface area contributed by atoms with Gasteiger partial charge in [-0.05, 0) is 25.0 Å². The van der Waals surface area contributed by atoms with Crippen molar-refractivity contribution in [3.8, 4) is 0 Å². The van der Waals surface area contributed by atoms with Gasteiger partial charge < -0.3 is 10.0 Å². The highest BCUT2D eigenvalue weighted by Crippen LogP contribution is 2.27. The van der Waals surface area contributed by atoms with Gasteiger partial charge in [-0.15, -0.1) is 0 Å². The normalized spacial score (nSPS) is 17.5. The smallest absolute Gasteiger partial charge is 0.257 e. The highest BCUT2D eigenvalue weighted by Gasteiger charge is 2.42. The van der Waals surface area contributed by atoms with E-state index < -0.39 is 23.1 Å². The molecule has 1 amide bonds. The van der Waals surface area contributed by atoms with Crippen LogP contribution in [0.15, 0.2) is 12.1 Å². The summed E-state index contributed by atoms with van der Waals surface area (Å²) in [6.45, 7) is 3.69. The van der Waals surface area contributed by atoms with E-state index in [-0.39, 0.29) is 24.2 Å². The zero-order valence-corrected chi connectivity index (χ0v) is 10.3. The van der Waals surface area contributed by atoms with Crippen LogP contribution in [0.3, 0.4) is 0 Å². The summed E-state index contributed by atoms with van der Waals surface area (Å²) < 4.78 is 26.6. The maximum atomic E-state index is 13.5. The van der Waals surface area contributed by atoms with Gasteiger partial charge >= 0.3 is 0 Å². The summed E-state index contributed by atoms with van der Waals surface area (Å²) in [5, 5.41) is 9.81. The Labute approximate surface area is 104 Å². The summed E-state index contributed by atoms with van der Waals surface area (Å²) in [6, 6.07) is 1.92. The Morgan fingerprint density at radius 2 is 2.00 bits per heavy atom. The standard InChI is InChI=1S/C13H15F2NO2/c1-3-13(18)6-16(7-13)12(17)9-4-8(2)10(14)5-11(9)15/h4-5,18H,3,6-7H2,1-2H3. The molecule has 1 N–H and O–H groups in total. The van der Waals surface area contributed by atoms with Crippen LogP contribution in [-0.4, -0.2) is 34.6 Å². The largest absolute Gasteiger partial charge is 0.386 e. The summed E-state index contributed by atoms with van der Waals surface area (Å²) in [7, 11) is 0. The number of rotatable bonds is 2. The molecule has 1 saturated heterocycles. The van der Waals surface area contributed by atoms with Crippen molar-refractivity contribution in [2.75, 3.05) is 13.1 Å². The van der Waals surface area contributed by atoms with E-state index in [4.69, 9.17) is 0 Å². The fraction of sp³-hybridized carbons (Fsp3) is 0.462. The Balaban J connectivity index is 2.19. The molecule has 1 aromatic rings. The van der Waals surface area contributed by atoms with Crippen molar-refractivity contribution in [3.63, 3.8) is 0 Å². The summed E-state index contributed by atoms with van der Waals surface area (Å²) in [5.74, 6) is -2.04. The quantitative estimate of drug-likeness (QED) is 0.876. The molecule has 0 unspecified atom stereocenters. The second kappa shape index (κ2) is 4.31. The lowest BCUT2D eigenvalue weighted by molar-refractivity contribution is -0.0827. The zero-order chi connectivity index (χ0) is 13.5. The van der Waals surface area contributed by atoms with Gasteiger partial charge in [0.1, 0.15) is 11.6 Å². The van der Waals surface area contributed by atoms with E-state index in [1.807, 2.05) is 6.92 Å². The molecule has 0 radical (unpaired) electrons. The predicted octanol–water partition coefficient (Wildman–Crippen LogP) is 1.87. The van der Waals surface area contributed by atoms with Crippen LogP contribution in [0.1, 0.15) is 29.3 Å². The molecule has 18 heavy (non-hydrogen) atoms. The molecule has 0 aromatic heterocycles. The van der Waals surface area contributed by atoms with Crippen molar-refractivity contribution in [2.24, 2.45) is 0 Å². The second-order valence-corrected chi connectivity index (χ2v) is 4.82. The number of halogens is 2. The Kier molecular flexibility index (Phi) is 3.11. The number of nitrogens with zero attached hydrogens (tertiary/aromatic N) is 1. The molecule has 5 heteroatoms. The van der Waals surface area contributed by atoms with Crippen LogP contribution in [0.5, 0.6) is 0 Å². The summed E-state index contributed by atoms with van der Waals surface area (Å²) in [6.07, 6.45) is 0.543. The molecule has 1 fully saturated rings. The van der Waals surface area contributed by atoms with Gasteiger partial charge in [0, 0.05) is 6.07 Å². The molecule has 0 atom stereocenters. The van der Waals surface area contributed by atoms with Crippen LogP contribution in [0.2, 0.25) is 0 Å². The van der Waals surface area contributed by atoms with Crippen LogP contribution in [0, 0.1) is 18.6 Å². The van der Waals surface area contributed by atoms with Gasteiger partial charge in [0.05, 0.1) is 24.3 Å². The Bertz CT molecular complexity index is 496. The predicted molar refractivity (Wildman–Crippen MR) is 62.2 cm³/mol. The van der Waals surface area contributed by atoms with Gasteiger partial charge in [-0.3, -0.25) is 4.79 Å². The molecule has 1 heterocycles. The summed E-state index contributed by atoms with van der Waals surface area (Å²) in [4.78, 5) is 13.3. The average molecular weight is 255 g/mol. The molecule has 1 aliphatic heterocycles. The van der Waals surface area contributed by atoms with Crippen LogP contribution in [-0.2, 0) is 0 Å². The molecule has 98 valence electrons. The van der Waals surface area contributed by atoms with E-state index in [2.05, 4.69) is 0 Å². The highest BCUT2D eigenvalue weighted by atomic mass is 19.1. The molecule has 1 aromatic carbocycles. The summed E-state index contributed by atoms with van der Waals surface area (Å²) >= 11 is 0. The molecule has 0 spiro atoms. The number of carbonyl (C=O) groups excluding carboxylic acids is 1. The van der Waals surface area contributed by atoms with Crippen LogP contribution >= 0.6 is 0 Å². The van der Waals surface area contributed by atoms with Gasteiger partial charge in [0.15, 0.2) is 0 Å². The second-order valence-electron chi connectivity index (χ2n) is 4.82. The number of hydrogen-bond donors (Lipinski definition) is 1. The number of benzene rings is 1. The lowest BCUT2D eigenvalue weighted by Gasteiger charge is -2.46. The maximum Gasteiger partial charge on any atom is 0.257 e. The Morgan fingerprint density at radius 1 is 1.39 bits per heavy atom. The zero-order valence-electron chi connectivity index (χ0n) is 10.3. The van der Waals surface area contributed by atoms with Gasteiger partial charge in [-0.25, -0.2) is 8.78 Å². The van der Waals surface area contributed by atoms with Crippen LogP contribution in [0.4, 0.5) is 8.78 Å². The molecule has 0 aliphatic carbocycles. The topological polar surface area (TPSA) is 40.5 Å². The molecule has 0 bridgehead atoms. The Hall–Kier alpha value is -1.49. The highest BCUT2D eigenvalue weighted by molar-refractivity contribution is 5.95. The van der Waals surface area contributed by atoms with Crippen molar-refractivity contribution in [3.05, 3.63) is 34.9 Å². The number of carbonyl (C=O) groups is 1. The van der Waals surface area contributed by atoms with E-state index in [0.717, 1.165) is 0 Å². The van der Waals surface area contributed by atoms with Gasteiger partial charge in [-0.1, -0.05) is 6.92 Å². The SMILES string of the molecule is CCC1(O)CN(C(=O)c2cc(C)c(F)cc2F)C1. The first-order chi connectivity index (χ1) is 8.36. The molecule has 1 aliphatic rings. The minimum Gasteiger partial charge on any atom is -0.386 e. The van der Waals surface area contributed by atoms with Crippen molar-refractivity contribution in [2.45, 2.75) is 25.9 Å². The van der Waals surface area contributed by atoms with E-state index >= 15 is 0 Å². The number of aryl methyl sites for hydroxylation is 1. The van der Waals surface area contributed by atoms with E-state index in [9.17, 15) is 18.7 Å². The van der Waals surface area contributed by atoms with Crippen LogP contribution < -0.4 is 0 Å². The third kappa shape index (κ3) is 2.10. The van der Waals surface area contributed by atoms with Gasteiger partial charge in [0.25, 0.3) is 5.91 Å². The first-order valence-electron chi connectivity index (χ1n) is 5.83. The number of amides is 1. The lowest BCUT2D eigenvalue weighted by atomic mass is 9.90. The monoisotopic (exact) mass is 255 g/mol. The minimum absolute atomic E-state index is 0.146. The fourth-order valence-electron chi connectivity index (χ4n) is 2.02. The fourth-order valence-corrected chi connectivity index (χ4v) is 2.02. The van der Waals surface area contributed by atoms with Crippen LogP contribution in [0.25, 0.3) is 0 Å². The lowest BCUT2D eigenvalue weighted by Crippen LogP contribution is -2.63. The number of β-amino-alcohol motifs (C(OH)–C–C–N with tert-alkyl or cyclic N) is 1. The van der Waals surface area contributed by atoms with Gasteiger partial charge in [-0.2, -0.15) is 0 Å². The third-order valence-corrected chi connectivity index (χ3v) is 3.39.